The monoisotopic (exact) mass is 156 g/mol. The van der Waals surface area contributed by atoms with Gasteiger partial charge in [-0.05, 0) is 32.8 Å². The summed E-state index contributed by atoms with van der Waals surface area (Å²) in [5, 5.41) is 9.52. The van der Waals surface area contributed by atoms with Gasteiger partial charge in [-0.1, -0.05) is 25.8 Å². The van der Waals surface area contributed by atoms with Crippen LogP contribution in [0.3, 0.4) is 0 Å². The van der Waals surface area contributed by atoms with Crippen LogP contribution in [0.2, 0.25) is 0 Å². The Labute approximate surface area is 70.1 Å². The van der Waals surface area contributed by atoms with E-state index in [0.29, 0.717) is 0 Å². The molecule has 0 spiro atoms. The Bertz CT molecular complexity index is 128. The number of aliphatic hydroxyl groups is 1. The predicted molar refractivity (Wildman–Crippen MR) is 49.6 cm³/mol. The first-order valence-corrected chi connectivity index (χ1v) is 4.38. The van der Waals surface area contributed by atoms with E-state index < -0.39 is 5.60 Å². The summed E-state index contributed by atoms with van der Waals surface area (Å²) in [6.45, 7) is 7.80. The van der Waals surface area contributed by atoms with E-state index in [1.54, 1.807) is 0 Å². The maximum atomic E-state index is 9.52. The third-order valence-corrected chi connectivity index (χ3v) is 1.97. The first-order valence-electron chi connectivity index (χ1n) is 4.38. The lowest BCUT2D eigenvalue weighted by Crippen LogP contribution is -2.19. The van der Waals surface area contributed by atoms with Gasteiger partial charge in [0.05, 0.1) is 5.60 Å². The van der Waals surface area contributed by atoms with Gasteiger partial charge in [0.15, 0.2) is 0 Å². The molecule has 0 aromatic heterocycles. The lowest BCUT2D eigenvalue weighted by molar-refractivity contribution is 0.119. The summed E-state index contributed by atoms with van der Waals surface area (Å²) in [7, 11) is 0. The third kappa shape index (κ3) is 5.02. The summed E-state index contributed by atoms with van der Waals surface area (Å²) in [6, 6.07) is 0. The summed E-state index contributed by atoms with van der Waals surface area (Å²) < 4.78 is 0. The quantitative estimate of drug-likeness (QED) is 0.490. The fraction of sp³-hybridized carbons (Fsp3) is 0.800. The molecular weight excluding hydrogens is 136 g/mol. The molecule has 0 saturated carbocycles. The molecule has 0 heterocycles. The zero-order valence-corrected chi connectivity index (χ0v) is 8.15. The van der Waals surface area contributed by atoms with E-state index in [2.05, 4.69) is 13.0 Å². The highest BCUT2D eigenvalue weighted by Gasteiger charge is 2.13. The van der Waals surface area contributed by atoms with E-state index in [-0.39, 0.29) is 0 Å². The van der Waals surface area contributed by atoms with Crippen molar-refractivity contribution in [2.75, 3.05) is 0 Å². The van der Waals surface area contributed by atoms with Crippen LogP contribution in [0.15, 0.2) is 11.6 Å². The summed E-state index contributed by atoms with van der Waals surface area (Å²) in [5.41, 5.74) is 0.444. The van der Waals surface area contributed by atoms with E-state index in [9.17, 15) is 5.11 Å². The third-order valence-electron chi connectivity index (χ3n) is 1.97. The van der Waals surface area contributed by atoms with E-state index in [0.717, 1.165) is 12.0 Å². The van der Waals surface area contributed by atoms with Crippen molar-refractivity contribution in [1.29, 1.82) is 0 Å². The highest BCUT2D eigenvalue weighted by Crippen LogP contribution is 2.15. The second-order valence-electron chi connectivity index (χ2n) is 3.59. The first-order chi connectivity index (χ1) is 4.98. The normalized spacial score (nSPS) is 13.7. The number of unbranched alkanes of at least 4 members (excludes halogenated alkanes) is 2. The standard InChI is InChI=1S/C10H20O/c1-5-6-7-8-9(2)10(3,4)11/h8,11H,5-7H2,1-4H3. The van der Waals surface area contributed by atoms with Crippen molar-refractivity contribution >= 4 is 0 Å². The molecule has 0 aliphatic rings. The molecule has 0 radical (unpaired) electrons. The van der Waals surface area contributed by atoms with Gasteiger partial charge >= 0.3 is 0 Å². The Morgan fingerprint density at radius 3 is 2.36 bits per heavy atom. The topological polar surface area (TPSA) is 20.2 Å². The first kappa shape index (κ1) is 10.7. The molecular formula is C10H20O. The molecule has 11 heavy (non-hydrogen) atoms. The number of hydrogen-bond donors (Lipinski definition) is 1. The molecule has 0 amide bonds. The second kappa shape index (κ2) is 4.55. The lowest BCUT2D eigenvalue weighted by Gasteiger charge is -2.17. The minimum Gasteiger partial charge on any atom is -0.386 e. The molecule has 0 fully saturated rings. The zero-order chi connectivity index (χ0) is 8.91. The van der Waals surface area contributed by atoms with Gasteiger partial charge in [0.2, 0.25) is 0 Å². The van der Waals surface area contributed by atoms with E-state index in [1.807, 2.05) is 20.8 Å². The molecule has 66 valence electrons. The minimum atomic E-state index is -0.631. The molecule has 0 aromatic carbocycles. The average molecular weight is 156 g/mol. The number of hydrogen-bond acceptors (Lipinski definition) is 1. The van der Waals surface area contributed by atoms with Crippen LogP contribution in [0, 0.1) is 0 Å². The van der Waals surface area contributed by atoms with Gasteiger partial charge in [-0.15, -0.1) is 0 Å². The highest BCUT2D eigenvalue weighted by atomic mass is 16.3. The van der Waals surface area contributed by atoms with Gasteiger partial charge in [-0.2, -0.15) is 0 Å². The van der Waals surface area contributed by atoms with Crippen molar-refractivity contribution in [2.24, 2.45) is 0 Å². The zero-order valence-electron chi connectivity index (χ0n) is 8.15. The molecule has 0 aromatic rings. The molecule has 0 saturated heterocycles. The van der Waals surface area contributed by atoms with Gasteiger partial charge in [-0.3, -0.25) is 0 Å². The highest BCUT2D eigenvalue weighted by molar-refractivity contribution is 5.09. The van der Waals surface area contributed by atoms with Crippen LogP contribution in [0.25, 0.3) is 0 Å². The van der Waals surface area contributed by atoms with Crippen LogP contribution < -0.4 is 0 Å². The molecule has 0 aliphatic heterocycles. The van der Waals surface area contributed by atoms with E-state index in [4.69, 9.17) is 0 Å². The maximum absolute atomic E-state index is 9.52. The average Bonchev–Trinajstić information content (AvgIpc) is 1.86. The van der Waals surface area contributed by atoms with Crippen molar-refractivity contribution in [3.05, 3.63) is 11.6 Å². The largest absolute Gasteiger partial charge is 0.386 e. The second-order valence-corrected chi connectivity index (χ2v) is 3.59. The van der Waals surface area contributed by atoms with Crippen LogP contribution in [-0.4, -0.2) is 10.7 Å². The Balaban J connectivity index is 3.81. The Kier molecular flexibility index (Phi) is 4.43. The summed E-state index contributed by atoms with van der Waals surface area (Å²) >= 11 is 0. The van der Waals surface area contributed by atoms with Crippen LogP contribution in [0.5, 0.6) is 0 Å². The predicted octanol–water partition coefficient (Wildman–Crippen LogP) is 2.89. The molecule has 0 unspecified atom stereocenters. The van der Waals surface area contributed by atoms with E-state index >= 15 is 0 Å². The van der Waals surface area contributed by atoms with Crippen LogP contribution in [0.4, 0.5) is 0 Å². The van der Waals surface area contributed by atoms with Crippen molar-refractivity contribution in [3.63, 3.8) is 0 Å². The molecule has 0 aliphatic carbocycles. The SMILES string of the molecule is CCCCC=C(C)C(C)(C)O. The fourth-order valence-electron chi connectivity index (χ4n) is 0.772. The molecule has 0 bridgehead atoms. The molecule has 1 heteroatoms. The van der Waals surface area contributed by atoms with Crippen LogP contribution >= 0.6 is 0 Å². The van der Waals surface area contributed by atoms with Crippen molar-refractivity contribution in [1.82, 2.24) is 0 Å². The maximum Gasteiger partial charge on any atom is 0.0798 e. The van der Waals surface area contributed by atoms with Crippen molar-refractivity contribution < 1.29 is 5.11 Å². The Morgan fingerprint density at radius 2 is 2.00 bits per heavy atom. The fourth-order valence-corrected chi connectivity index (χ4v) is 0.772. The Morgan fingerprint density at radius 1 is 1.45 bits per heavy atom. The molecule has 1 N–H and O–H groups in total. The number of allylic oxidation sites excluding steroid dienone is 1. The minimum absolute atomic E-state index is 0.631. The smallest absolute Gasteiger partial charge is 0.0798 e. The Hall–Kier alpha value is -0.300. The van der Waals surface area contributed by atoms with Gasteiger partial charge in [-0.25, -0.2) is 0 Å². The summed E-state index contributed by atoms with van der Waals surface area (Å²) in [6.07, 6.45) is 5.65. The van der Waals surface area contributed by atoms with Crippen LogP contribution in [0.1, 0.15) is 47.0 Å². The van der Waals surface area contributed by atoms with Crippen molar-refractivity contribution in [3.8, 4) is 0 Å². The molecule has 0 atom stereocenters. The van der Waals surface area contributed by atoms with Crippen LogP contribution in [-0.2, 0) is 0 Å². The lowest BCUT2D eigenvalue weighted by atomic mass is 9.98. The number of rotatable bonds is 4. The van der Waals surface area contributed by atoms with Gasteiger partial charge in [0, 0.05) is 0 Å². The van der Waals surface area contributed by atoms with Gasteiger partial charge < -0.3 is 5.11 Å². The van der Waals surface area contributed by atoms with Gasteiger partial charge in [0.25, 0.3) is 0 Å². The molecule has 0 rings (SSSR count). The van der Waals surface area contributed by atoms with Gasteiger partial charge in [0.1, 0.15) is 0 Å². The summed E-state index contributed by atoms with van der Waals surface area (Å²) in [4.78, 5) is 0. The van der Waals surface area contributed by atoms with E-state index in [1.165, 1.54) is 12.8 Å². The summed E-state index contributed by atoms with van der Waals surface area (Å²) in [5.74, 6) is 0. The molecule has 1 nitrogen and oxygen atoms in total. The van der Waals surface area contributed by atoms with Crippen molar-refractivity contribution in [2.45, 2.75) is 52.6 Å².